The summed E-state index contributed by atoms with van der Waals surface area (Å²) in [5, 5.41) is 2.83. The van der Waals surface area contributed by atoms with E-state index in [4.69, 9.17) is 0 Å². The summed E-state index contributed by atoms with van der Waals surface area (Å²) in [6, 6.07) is 25.0. The van der Waals surface area contributed by atoms with Gasteiger partial charge in [0, 0.05) is 25.7 Å². The molecule has 0 saturated carbocycles. The highest BCUT2D eigenvalue weighted by Gasteiger charge is 2.21. The van der Waals surface area contributed by atoms with Crippen molar-refractivity contribution < 1.29 is 13.2 Å². The van der Waals surface area contributed by atoms with E-state index in [0.717, 1.165) is 11.1 Å². The molecule has 0 aliphatic rings. The first-order chi connectivity index (χ1) is 13.5. The van der Waals surface area contributed by atoms with Gasteiger partial charge in [0.15, 0.2) is 0 Å². The summed E-state index contributed by atoms with van der Waals surface area (Å²) in [5.74, 6) is -0.245. The Bertz CT molecular complexity index is 1020. The van der Waals surface area contributed by atoms with Gasteiger partial charge in [-0.05, 0) is 35.4 Å². The van der Waals surface area contributed by atoms with Crippen molar-refractivity contribution >= 4 is 15.9 Å². The third-order valence-electron chi connectivity index (χ3n) is 4.37. The Morgan fingerprint density at radius 2 is 1.36 bits per heavy atom. The van der Waals surface area contributed by atoms with Gasteiger partial charge in [0.05, 0.1) is 4.90 Å². The van der Waals surface area contributed by atoms with Gasteiger partial charge in [-0.2, -0.15) is 4.31 Å². The molecular weight excluding hydrogens is 372 g/mol. The largest absolute Gasteiger partial charge is 0.348 e. The summed E-state index contributed by atoms with van der Waals surface area (Å²) >= 11 is 0. The molecule has 5 nitrogen and oxygen atoms in total. The van der Waals surface area contributed by atoms with E-state index in [1.165, 1.54) is 28.6 Å². The molecule has 1 amide bonds. The molecule has 0 fully saturated rings. The topological polar surface area (TPSA) is 66.5 Å². The predicted molar refractivity (Wildman–Crippen MR) is 109 cm³/mol. The summed E-state index contributed by atoms with van der Waals surface area (Å²) in [7, 11) is -2.09. The minimum absolute atomic E-state index is 0.158. The highest BCUT2D eigenvalue weighted by molar-refractivity contribution is 7.89. The highest BCUT2D eigenvalue weighted by Crippen LogP contribution is 2.17. The normalized spacial score (nSPS) is 11.4. The van der Waals surface area contributed by atoms with Crippen LogP contribution < -0.4 is 5.32 Å². The van der Waals surface area contributed by atoms with Gasteiger partial charge in [0.2, 0.25) is 10.0 Å². The third kappa shape index (κ3) is 4.85. The number of sulfonamides is 1. The van der Waals surface area contributed by atoms with Crippen LogP contribution in [-0.4, -0.2) is 25.7 Å². The van der Waals surface area contributed by atoms with Gasteiger partial charge in [-0.15, -0.1) is 0 Å². The molecule has 0 aromatic heterocycles. The van der Waals surface area contributed by atoms with Crippen molar-refractivity contribution in [1.29, 1.82) is 0 Å². The Labute approximate surface area is 165 Å². The fraction of sp³-hybridized carbons (Fsp3) is 0.136. The van der Waals surface area contributed by atoms with Crippen LogP contribution in [0.5, 0.6) is 0 Å². The standard InChI is InChI=1S/C22H22N2O3S/c1-24(17-19-10-6-3-7-11-19)28(26,27)21-14-12-20(13-15-21)22(25)23-16-18-8-4-2-5-9-18/h2-15H,16-17H2,1H3,(H,23,25). The summed E-state index contributed by atoms with van der Waals surface area (Å²) in [4.78, 5) is 12.4. The number of benzene rings is 3. The second-order valence-corrected chi connectivity index (χ2v) is 8.48. The Balaban J connectivity index is 1.66. The molecular formula is C22H22N2O3S. The van der Waals surface area contributed by atoms with Crippen LogP contribution >= 0.6 is 0 Å². The van der Waals surface area contributed by atoms with E-state index in [9.17, 15) is 13.2 Å². The average molecular weight is 394 g/mol. The van der Waals surface area contributed by atoms with E-state index in [2.05, 4.69) is 5.32 Å². The van der Waals surface area contributed by atoms with Gasteiger partial charge < -0.3 is 5.32 Å². The lowest BCUT2D eigenvalue weighted by Gasteiger charge is -2.17. The first kappa shape index (κ1) is 19.8. The maximum Gasteiger partial charge on any atom is 0.251 e. The highest BCUT2D eigenvalue weighted by atomic mass is 32.2. The Hall–Kier alpha value is -2.96. The molecule has 28 heavy (non-hydrogen) atoms. The molecule has 0 aliphatic carbocycles. The quantitative estimate of drug-likeness (QED) is 0.668. The average Bonchev–Trinajstić information content (AvgIpc) is 2.73. The molecule has 3 rings (SSSR count). The van der Waals surface area contributed by atoms with Crippen molar-refractivity contribution in [2.45, 2.75) is 18.0 Å². The van der Waals surface area contributed by atoms with Crippen molar-refractivity contribution in [3.05, 3.63) is 102 Å². The molecule has 0 bridgehead atoms. The number of carbonyl (C=O) groups is 1. The molecule has 0 aliphatic heterocycles. The van der Waals surface area contributed by atoms with Gasteiger partial charge in [-0.3, -0.25) is 4.79 Å². The van der Waals surface area contributed by atoms with Crippen molar-refractivity contribution in [2.24, 2.45) is 0 Å². The van der Waals surface area contributed by atoms with Crippen LogP contribution in [-0.2, 0) is 23.1 Å². The van der Waals surface area contributed by atoms with Crippen LogP contribution in [0.1, 0.15) is 21.5 Å². The van der Waals surface area contributed by atoms with E-state index in [0.29, 0.717) is 12.1 Å². The van der Waals surface area contributed by atoms with Gasteiger partial charge >= 0.3 is 0 Å². The molecule has 0 spiro atoms. The number of hydrogen-bond donors (Lipinski definition) is 1. The van der Waals surface area contributed by atoms with Gasteiger partial charge in [0.1, 0.15) is 0 Å². The minimum atomic E-state index is -3.63. The zero-order valence-corrected chi connectivity index (χ0v) is 16.4. The van der Waals surface area contributed by atoms with Crippen molar-refractivity contribution in [3.63, 3.8) is 0 Å². The molecule has 0 saturated heterocycles. The SMILES string of the molecule is CN(Cc1ccccc1)S(=O)(=O)c1ccc(C(=O)NCc2ccccc2)cc1. The Morgan fingerprint density at radius 3 is 1.93 bits per heavy atom. The summed E-state index contributed by atoms with van der Waals surface area (Å²) in [6.07, 6.45) is 0. The van der Waals surface area contributed by atoms with Crippen molar-refractivity contribution in [3.8, 4) is 0 Å². The second kappa shape index (κ2) is 8.82. The van der Waals surface area contributed by atoms with Crippen LogP contribution in [0.3, 0.4) is 0 Å². The maximum absolute atomic E-state index is 12.8. The molecule has 0 atom stereocenters. The molecule has 0 heterocycles. The fourth-order valence-electron chi connectivity index (χ4n) is 2.76. The molecule has 144 valence electrons. The number of hydrogen-bond acceptors (Lipinski definition) is 3. The van der Waals surface area contributed by atoms with Gasteiger partial charge in [-0.1, -0.05) is 60.7 Å². The van der Waals surface area contributed by atoms with Crippen molar-refractivity contribution in [1.82, 2.24) is 9.62 Å². The van der Waals surface area contributed by atoms with Crippen LogP contribution in [0.2, 0.25) is 0 Å². The van der Waals surface area contributed by atoms with E-state index >= 15 is 0 Å². The zero-order valence-electron chi connectivity index (χ0n) is 15.6. The first-order valence-corrected chi connectivity index (χ1v) is 10.3. The molecule has 0 unspecified atom stereocenters. The molecule has 1 N–H and O–H groups in total. The lowest BCUT2D eigenvalue weighted by Crippen LogP contribution is -2.27. The number of rotatable bonds is 7. The van der Waals surface area contributed by atoms with E-state index in [1.54, 1.807) is 7.05 Å². The number of nitrogens with zero attached hydrogens (tertiary/aromatic N) is 1. The Morgan fingerprint density at radius 1 is 0.821 bits per heavy atom. The lowest BCUT2D eigenvalue weighted by atomic mass is 10.2. The minimum Gasteiger partial charge on any atom is -0.348 e. The summed E-state index contributed by atoms with van der Waals surface area (Å²) in [5.41, 5.74) is 2.32. The van der Waals surface area contributed by atoms with Crippen molar-refractivity contribution in [2.75, 3.05) is 7.05 Å². The first-order valence-electron chi connectivity index (χ1n) is 8.89. The molecule has 6 heteroatoms. The lowest BCUT2D eigenvalue weighted by molar-refractivity contribution is 0.0951. The van der Waals surface area contributed by atoms with E-state index in [1.807, 2.05) is 60.7 Å². The maximum atomic E-state index is 12.8. The number of carbonyl (C=O) groups excluding carboxylic acids is 1. The zero-order chi connectivity index (χ0) is 20.0. The molecule has 3 aromatic carbocycles. The van der Waals surface area contributed by atoms with Crippen LogP contribution in [0.25, 0.3) is 0 Å². The summed E-state index contributed by atoms with van der Waals surface area (Å²) in [6.45, 7) is 0.696. The van der Waals surface area contributed by atoms with E-state index in [-0.39, 0.29) is 17.3 Å². The second-order valence-electron chi connectivity index (χ2n) is 6.44. The Kier molecular flexibility index (Phi) is 6.23. The fourth-order valence-corrected chi connectivity index (χ4v) is 3.92. The number of nitrogens with one attached hydrogen (secondary N) is 1. The van der Waals surface area contributed by atoms with Gasteiger partial charge in [-0.25, -0.2) is 8.42 Å². The number of amides is 1. The smallest absolute Gasteiger partial charge is 0.251 e. The van der Waals surface area contributed by atoms with E-state index < -0.39 is 10.0 Å². The third-order valence-corrected chi connectivity index (χ3v) is 6.19. The predicted octanol–water partition coefficient (Wildman–Crippen LogP) is 3.44. The molecule has 3 aromatic rings. The van der Waals surface area contributed by atoms with Crippen LogP contribution in [0, 0.1) is 0 Å². The summed E-state index contributed by atoms with van der Waals surface area (Å²) < 4.78 is 26.8. The molecule has 0 radical (unpaired) electrons. The van der Waals surface area contributed by atoms with Crippen LogP contribution in [0.15, 0.2) is 89.8 Å². The van der Waals surface area contributed by atoms with Crippen LogP contribution in [0.4, 0.5) is 0 Å². The van der Waals surface area contributed by atoms with Gasteiger partial charge in [0.25, 0.3) is 5.91 Å². The monoisotopic (exact) mass is 394 g/mol.